The number of aryl methyl sites for hydroxylation is 1. The van der Waals surface area contributed by atoms with Gasteiger partial charge >= 0.3 is 0 Å². The van der Waals surface area contributed by atoms with Crippen molar-refractivity contribution in [1.82, 2.24) is 14.9 Å². The minimum absolute atomic E-state index is 0.500. The van der Waals surface area contributed by atoms with Crippen LogP contribution in [0.5, 0.6) is 0 Å². The van der Waals surface area contributed by atoms with E-state index in [9.17, 15) is 0 Å². The molecule has 0 bridgehead atoms. The van der Waals surface area contributed by atoms with Gasteiger partial charge in [0.1, 0.15) is 0 Å². The second-order valence-corrected chi connectivity index (χ2v) is 1.22. The second kappa shape index (κ2) is 1.22. The number of aromatic nitrogens is 3. The normalized spacial score (nSPS) is 9.29. The highest BCUT2D eigenvalue weighted by atomic mass is 16.5. The molecule has 0 atom stereocenters. The monoisotopic (exact) mass is 99.0 g/mol. The minimum Gasteiger partial charge on any atom is -0.426 e. The van der Waals surface area contributed by atoms with Gasteiger partial charge in [-0.1, -0.05) is 0 Å². The summed E-state index contributed by atoms with van der Waals surface area (Å²) in [6.45, 7) is 1.66. The number of hydrogen-bond donors (Lipinski definition) is 1. The molecule has 1 rings (SSSR count). The Bertz CT molecular complexity index is 142. The standard InChI is InChI=1S/C3H5N3O/c1-3-5-4-2-6(3)7/h2,7H,1H3. The van der Waals surface area contributed by atoms with Gasteiger partial charge < -0.3 is 5.21 Å². The molecule has 0 saturated carbocycles. The van der Waals surface area contributed by atoms with Gasteiger partial charge in [0, 0.05) is 0 Å². The lowest BCUT2D eigenvalue weighted by atomic mass is 10.8. The van der Waals surface area contributed by atoms with Crippen LogP contribution in [0.2, 0.25) is 0 Å². The Labute approximate surface area is 40.4 Å². The molecule has 4 nitrogen and oxygen atoms in total. The van der Waals surface area contributed by atoms with Crippen LogP contribution in [0.3, 0.4) is 0 Å². The van der Waals surface area contributed by atoms with Crippen molar-refractivity contribution in [3.8, 4) is 0 Å². The summed E-state index contributed by atoms with van der Waals surface area (Å²) in [5.41, 5.74) is 0. The Kier molecular flexibility index (Phi) is 0.714. The molecule has 0 aliphatic heterocycles. The zero-order valence-corrected chi connectivity index (χ0v) is 3.87. The van der Waals surface area contributed by atoms with E-state index < -0.39 is 0 Å². The van der Waals surface area contributed by atoms with Gasteiger partial charge in [0.15, 0.2) is 12.2 Å². The molecule has 0 fully saturated rings. The molecular formula is C3H5N3O. The van der Waals surface area contributed by atoms with E-state index in [0.29, 0.717) is 5.82 Å². The predicted octanol–water partition coefficient (Wildman–Crippen LogP) is -0.176. The van der Waals surface area contributed by atoms with Crippen LogP contribution in [0.25, 0.3) is 0 Å². The average molecular weight is 99.1 g/mol. The fourth-order valence-corrected chi connectivity index (χ4v) is 0.288. The van der Waals surface area contributed by atoms with Crippen LogP contribution in [0, 0.1) is 6.92 Å². The first-order valence-corrected chi connectivity index (χ1v) is 1.86. The molecule has 0 aromatic carbocycles. The second-order valence-electron chi connectivity index (χ2n) is 1.22. The molecule has 1 aromatic heterocycles. The Morgan fingerprint density at radius 3 is 2.71 bits per heavy atom. The van der Waals surface area contributed by atoms with Crippen molar-refractivity contribution in [2.45, 2.75) is 6.92 Å². The summed E-state index contributed by atoms with van der Waals surface area (Å²) in [6.07, 6.45) is 1.23. The molecule has 4 heteroatoms. The highest BCUT2D eigenvalue weighted by Gasteiger charge is 1.88. The van der Waals surface area contributed by atoms with E-state index in [2.05, 4.69) is 10.2 Å². The van der Waals surface area contributed by atoms with Crippen LogP contribution in [0.15, 0.2) is 6.33 Å². The summed E-state index contributed by atoms with van der Waals surface area (Å²) in [5, 5.41) is 15.4. The molecule has 1 N–H and O–H groups in total. The highest BCUT2D eigenvalue weighted by Crippen LogP contribution is 1.82. The van der Waals surface area contributed by atoms with Gasteiger partial charge in [-0.3, -0.25) is 0 Å². The topological polar surface area (TPSA) is 50.9 Å². The van der Waals surface area contributed by atoms with Crippen molar-refractivity contribution in [1.29, 1.82) is 0 Å². The van der Waals surface area contributed by atoms with E-state index in [1.165, 1.54) is 6.33 Å². The van der Waals surface area contributed by atoms with Gasteiger partial charge in [-0.15, -0.1) is 10.2 Å². The Morgan fingerprint density at radius 1 is 1.86 bits per heavy atom. The first-order chi connectivity index (χ1) is 3.30. The van der Waals surface area contributed by atoms with Gasteiger partial charge in [-0.05, 0) is 6.92 Å². The molecule has 0 radical (unpaired) electrons. The van der Waals surface area contributed by atoms with E-state index in [0.717, 1.165) is 4.73 Å². The van der Waals surface area contributed by atoms with Gasteiger partial charge in [0.2, 0.25) is 0 Å². The third-order valence-corrected chi connectivity index (χ3v) is 0.695. The summed E-state index contributed by atoms with van der Waals surface area (Å²) >= 11 is 0. The summed E-state index contributed by atoms with van der Waals surface area (Å²) < 4.78 is 0.861. The van der Waals surface area contributed by atoms with E-state index in [1.807, 2.05) is 0 Å². The van der Waals surface area contributed by atoms with Crippen LogP contribution >= 0.6 is 0 Å². The third kappa shape index (κ3) is 0.534. The van der Waals surface area contributed by atoms with Crippen LogP contribution < -0.4 is 0 Å². The summed E-state index contributed by atoms with van der Waals surface area (Å²) in [7, 11) is 0. The molecule has 0 aliphatic rings. The Balaban J connectivity index is 3.12. The van der Waals surface area contributed by atoms with Crippen molar-refractivity contribution in [3.63, 3.8) is 0 Å². The first-order valence-electron chi connectivity index (χ1n) is 1.86. The van der Waals surface area contributed by atoms with Crippen LogP contribution in [-0.2, 0) is 0 Å². The highest BCUT2D eigenvalue weighted by molar-refractivity contribution is 4.73. The quantitative estimate of drug-likeness (QED) is 0.459. The molecule has 0 aliphatic carbocycles. The van der Waals surface area contributed by atoms with Crippen molar-refractivity contribution >= 4 is 0 Å². The molecule has 0 saturated heterocycles. The SMILES string of the molecule is Cc1nncn1O. The smallest absolute Gasteiger partial charge is 0.165 e. The largest absolute Gasteiger partial charge is 0.426 e. The Hall–Kier alpha value is -1.06. The molecule has 0 amide bonds. The molecule has 7 heavy (non-hydrogen) atoms. The molecule has 0 unspecified atom stereocenters. The van der Waals surface area contributed by atoms with Gasteiger partial charge in [-0.25, -0.2) is 0 Å². The van der Waals surface area contributed by atoms with Crippen LogP contribution in [-0.4, -0.2) is 20.1 Å². The van der Waals surface area contributed by atoms with Crippen LogP contribution in [0.1, 0.15) is 5.82 Å². The fraction of sp³-hybridized carbons (Fsp3) is 0.333. The molecule has 1 heterocycles. The zero-order chi connectivity index (χ0) is 5.28. The number of hydrogen-bond acceptors (Lipinski definition) is 3. The summed E-state index contributed by atoms with van der Waals surface area (Å²) in [6, 6.07) is 0. The third-order valence-electron chi connectivity index (χ3n) is 0.695. The van der Waals surface area contributed by atoms with Gasteiger partial charge in [0.25, 0.3) is 0 Å². The molecule has 0 spiro atoms. The lowest BCUT2D eigenvalue weighted by Gasteiger charge is -1.83. The van der Waals surface area contributed by atoms with Crippen LogP contribution in [0.4, 0.5) is 0 Å². The van der Waals surface area contributed by atoms with E-state index >= 15 is 0 Å². The summed E-state index contributed by atoms with van der Waals surface area (Å²) in [4.78, 5) is 0. The van der Waals surface area contributed by atoms with Crippen molar-refractivity contribution in [2.75, 3.05) is 0 Å². The van der Waals surface area contributed by atoms with E-state index in [-0.39, 0.29) is 0 Å². The van der Waals surface area contributed by atoms with Gasteiger partial charge in [0.05, 0.1) is 0 Å². The van der Waals surface area contributed by atoms with E-state index in [4.69, 9.17) is 5.21 Å². The summed E-state index contributed by atoms with van der Waals surface area (Å²) in [5.74, 6) is 0.500. The average Bonchev–Trinajstić information content (AvgIpc) is 1.91. The van der Waals surface area contributed by atoms with Gasteiger partial charge in [-0.2, -0.15) is 4.73 Å². The zero-order valence-electron chi connectivity index (χ0n) is 3.87. The van der Waals surface area contributed by atoms with Crippen molar-refractivity contribution in [3.05, 3.63) is 12.2 Å². The molecule has 1 aromatic rings. The predicted molar refractivity (Wildman–Crippen MR) is 21.9 cm³/mol. The van der Waals surface area contributed by atoms with Crippen molar-refractivity contribution < 1.29 is 5.21 Å². The first kappa shape index (κ1) is 4.11. The fourth-order valence-electron chi connectivity index (χ4n) is 0.288. The number of nitrogens with zero attached hydrogens (tertiary/aromatic N) is 3. The maximum atomic E-state index is 8.55. The maximum Gasteiger partial charge on any atom is 0.165 e. The Morgan fingerprint density at radius 2 is 2.57 bits per heavy atom. The minimum atomic E-state index is 0.500. The lowest BCUT2D eigenvalue weighted by molar-refractivity contribution is 0.178. The van der Waals surface area contributed by atoms with E-state index in [1.54, 1.807) is 6.92 Å². The lowest BCUT2D eigenvalue weighted by Crippen LogP contribution is -1.89. The molecular weight excluding hydrogens is 94.1 g/mol. The molecule has 38 valence electrons. The number of rotatable bonds is 0. The van der Waals surface area contributed by atoms with Crippen molar-refractivity contribution in [2.24, 2.45) is 0 Å². The maximum absolute atomic E-state index is 8.55.